The summed E-state index contributed by atoms with van der Waals surface area (Å²) < 4.78 is 38.5. The summed E-state index contributed by atoms with van der Waals surface area (Å²) in [6.07, 6.45) is 0.646. The van der Waals surface area contributed by atoms with Gasteiger partial charge < -0.3 is 14.4 Å². The van der Waals surface area contributed by atoms with Crippen LogP contribution in [0.25, 0.3) is 0 Å². The topological polar surface area (TPSA) is 72.0 Å². The fraction of sp³-hybridized carbons (Fsp3) is 0.348. The van der Waals surface area contributed by atoms with Gasteiger partial charge in [-0.2, -0.15) is 4.31 Å². The average molecular weight is 543 g/mol. The van der Waals surface area contributed by atoms with Crippen LogP contribution in [-0.4, -0.2) is 58.1 Å². The highest BCUT2D eigenvalue weighted by Gasteiger charge is 2.31. The minimum Gasteiger partial charge on any atom is -0.497 e. The van der Waals surface area contributed by atoms with Crippen molar-refractivity contribution in [2.45, 2.75) is 18.2 Å². The molecule has 7 nitrogen and oxygen atoms in total. The Balaban J connectivity index is 1.43. The predicted octanol–water partition coefficient (Wildman–Crippen LogP) is 4.88. The van der Waals surface area contributed by atoms with Gasteiger partial charge in [0.05, 0.1) is 24.9 Å². The normalized spacial score (nSPS) is 14.9. The summed E-state index contributed by atoms with van der Waals surface area (Å²) in [4.78, 5) is 6.98. The molecule has 1 fully saturated rings. The number of ether oxygens (including phenoxy) is 2. The van der Waals surface area contributed by atoms with Crippen molar-refractivity contribution in [3.8, 4) is 11.5 Å². The van der Waals surface area contributed by atoms with Crippen molar-refractivity contribution in [2.75, 3.05) is 45.3 Å². The van der Waals surface area contributed by atoms with Gasteiger partial charge in [-0.1, -0.05) is 23.2 Å². The van der Waals surface area contributed by atoms with Gasteiger partial charge in [0, 0.05) is 49.1 Å². The third kappa shape index (κ3) is 5.28. The van der Waals surface area contributed by atoms with Crippen molar-refractivity contribution in [3.63, 3.8) is 0 Å². The molecule has 11 heteroatoms. The lowest BCUT2D eigenvalue weighted by Gasteiger charge is -2.34. The molecule has 2 heterocycles. The minimum absolute atomic E-state index is 0.0924. The van der Waals surface area contributed by atoms with Crippen LogP contribution in [0.3, 0.4) is 0 Å². The lowest BCUT2D eigenvalue weighted by atomic mass is 10.1. The van der Waals surface area contributed by atoms with E-state index in [9.17, 15) is 8.42 Å². The second-order valence-electron chi connectivity index (χ2n) is 7.94. The number of rotatable bonds is 7. The van der Waals surface area contributed by atoms with E-state index in [1.165, 1.54) is 16.4 Å². The van der Waals surface area contributed by atoms with Crippen LogP contribution in [-0.2, 0) is 16.4 Å². The third-order valence-corrected chi connectivity index (χ3v) is 9.40. The van der Waals surface area contributed by atoms with E-state index in [0.29, 0.717) is 43.2 Å². The fourth-order valence-electron chi connectivity index (χ4n) is 3.79. The molecule has 1 saturated heterocycles. The van der Waals surface area contributed by atoms with E-state index < -0.39 is 10.0 Å². The predicted molar refractivity (Wildman–Crippen MR) is 137 cm³/mol. The molecule has 2 aromatic carbocycles. The van der Waals surface area contributed by atoms with Crippen LogP contribution in [0, 0.1) is 6.92 Å². The molecule has 0 unspecified atom stereocenters. The minimum atomic E-state index is -3.71. The van der Waals surface area contributed by atoms with Crippen LogP contribution < -0.4 is 14.4 Å². The van der Waals surface area contributed by atoms with E-state index in [-0.39, 0.29) is 9.92 Å². The maximum Gasteiger partial charge on any atom is 0.244 e. The Morgan fingerprint density at radius 3 is 2.24 bits per heavy atom. The lowest BCUT2D eigenvalue weighted by Crippen LogP contribution is -2.48. The van der Waals surface area contributed by atoms with Crippen LogP contribution in [0.5, 0.6) is 11.5 Å². The molecule has 3 aromatic rings. The van der Waals surface area contributed by atoms with Crippen LogP contribution in [0.1, 0.15) is 16.8 Å². The van der Waals surface area contributed by atoms with Crippen LogP contribution in [0.2, 0.25) is 10.0 Å². The molecule has 1 aliphatic rings. The first-order chi connectivity index (χ1) is 16.2. The maximum atomic E-state index is 13.2. The number of sulfonamides is 1. The monoisotopic (exact) mass is 541 g/mol. The molecular formula is C23H25Cl2N3O4S2. The van der Waals surface area contributed by atoms with Crippen molar-refractivity contribution in [1.29, 1.82) is 0 Å². The molecule has 1 aliphatic heterocycles. The zero-order chi connectivity index (χ0) is 24.5. The van der Waals surface area contributed by atoms with Gasteiger partial charge in [0.15, 0.2) is 5.13 Å². The third-order valence-electron chi connectivity index (χ3n) is 5.68. The van der Waals surface area contributed by atoms with E-state index in [0.717, 1.165) is 27.9 Å². The van der Waals surface area contributed by atoms with Crippen LogP contribution >= 0.6 is 34.5 Å². The van der Waals surface area contributed by atoms with Crippen molar-refractivity contribution < 1.29 is 17.9 Å². The molecular weight excluding hydrogens is 517 g/mol. The van der Waals surface area contributed by atoms with Crippen molar-refractivity contribution in [1.82, 2.24) is 9.29 Å². The van der Waals surface area contributed by atoms with E-state index in [1.807, 2.05) is 23.6 Å². The SMILES string of the molecule is COc1cc(Cc2csc(N3CCN(S(=O)(=O)c4cc(C)c(Cl)cc4Cl)CC3)n2)cc(OC)c1. The van der Waals surface area contributed by atoms with E-state index in [2.05, 4.69) is 4.90 Å². The van der Waals surface area contributed by atoms with Gasteiger partial charge in [0.2, 0.25) is 10.0 Å². The smallest absolute Gasteiger partial charge is 0.244 e. The van der Waals surface area contributed by atoms with Gasteiger partial charge in [-0.05, 0) is 42.3 Å². The summed E-state index contributed by atoms with van der Waals surface area (Å²) in [5, 5.41) is 3.49. The lowest BCUT2D eigenvalue weighted by molar-refractivity contribution is 0.384. The van der Waals surface area contributed by atoms with Gasteiger partial charge in [0.25, 0.3) is 0 Å². The number of anilines is 1. The second-order valence-corrected chi connectivity index (χ2v) is 11.5. The van der Waals surface area contributed by atoms with Gasteiger partial charge >= 0.3 is 0 Å². The van der Waals surface area contributed by atoms with Crippen LogP contribution in [0.4, 0.5) is 5.13 Å². The van der Waals surface area contributed by atoms with Crippen molar-refractivity contribution >= 4 is 49.7 Å². The van der Waals surface area contributed by atoms with Crippen molar-refractivity contribution in [3.05, 3.63) is 62.6 Å². The number of hydrogen-bond donors (Lipinski definition) is 0. The van der Waals surface area contributed by atoms with Crippen LogP contribution in [0.15, 0.2) is 40.6 Å². The molecule has 0 amide bonds. The number of aryl methyl sites for hydroxylation is 1. The Hall–Kier alpha value is -2.04. The molecule has 0 bridgehead atoms. The molecule has 0 radical (unpaired) electrons. The molecule has 4 rings (SSSR count). The molecule has 0 atom stereocenters. The van der Waals surface area contributed by atoms with Gasteiger partial charge in [0.1, 0.15) is 16.4 Å². The first-order valence-corrected chi connectivity index (χ1v) is 13.7. The number of nitrogens with zero attached hydrogens (tertiary/aromatic N) is 3. The Bertz CT molecular complexity index is 1270. The summed E-state index contributed by atoms with van der Waals surface area (Å²) in [5.74, 6) is 1.47. The van der Waals surface area contributed by atoms with E-state index >= 15 is 0 Å². The maximum absolute atomic E-state index is 13.2. The molecule has 182 valence electrons. The number of halogens is 2. The van der Waals surface area contributed by atoms with E-state index in [4.69, 9.17) is 37.7 Å². The highest BCUT2D eigenvalue weighted by Crippen LogP contribution is 2.32. The molecule has 0 spiro atoms. The summed E-state index contributed by atoms with van der Waals surface area (Å²) in [6, 6.07) is 8.79. The van der Waals surface area contributed by atoms with E-state index in [1.54, 1.807) is 32.5 Å². The molecule has 1 aromatic heterocycles. The number of aromatic nitrogens is 1. The summed E-state index contributed by atoms with van der Waals surface area (Å²) in [6.45, 7) is 3.55. The second kappa shape index (κ2) is 10.3. The highest BCUT2D eigenvalue weighted by atomic mass is 35.5. The average Bonchev–Trinajstić information content (AvgIpc) is 3.29. The Labute approximate surface area is 213 Å². The summed E-state index contributed by atoms with van der Waals surface area (Å²) >= 11 is 13.8. The van der Waals surface area contributed by atoms with Gasteiger partial charge in [-0.15, -0.1) is 11.3 Å². The number of hydrogen-bond acceptors (Lipinski definition) is 7. The molecule has 34 heavy (non-hydrogen) atoms. The zero-order valence-electron chi connectivity index (χ0n) is 19.0. The molecule has 0 N–H and O–H groups in total. The molecule has 0 aliphatic carbocycles. The Kier molecular flexibility index (Phi) is 7.59. The first-order valence-electron chi connectivity index (χ1n) is 10.6. The fourth-order valence-corrected chi connectivity index (χ4v) is 6.90. The number of benzene rings is 2. The number of methoxy groups -OCH3 is 2. The molecule has 0 saturated carbocycles. The highest BCUT2D eigenvalue weighted by molar-refractivity contribution is 7.89. The largest absolute Gasteiger partial charge is 0.497 e. The van der Waals surface area contributed by atoms with Gasteiger partial charge in [-0.25, -0.2) is 13.4 Å². The van der Waals surface area contributed by atoms with Crippen molar-refractivity contribution in [2.24, 2.45) is 0 Å². The Morgan fingerprint density at radius 2 is 1.62 bits per heavy atom. The standard InChI is InChI=1S/C23H25Cl2N3O4S2/c1-15-8-22(21(25)13-20(15)24)34(29,30)28-6-4-27(5-7-28)23-26-17(14-33-23)9-16-10-18(31-2)12-19(11-16)32-3/h8,10-14H,4-7,9H2,1-3H3. The zero-order valence-corrected chi connectivity index (χ0v) is 22.2. The Morgan fingerprint density at radius 1 is 0.971 bits per heavy atom. The first kappa shape index (κ1) is 25.1. The van der Waals surface area contributed by atoms with Gasteiger partial charge in [-0.3, -0.25) is 0 Å². The quantitative estimate of drug-likeness (QED) is 0.424. The summed E-state index contributed by atoms with van der Waals surface area (Å²) in [7, 11) is -0.458. The number of thiazole rings is 1. The number of piperazine rings is 1. The summed E-state index contributed by atoms with van der Waals surface area (Å²) in [5.41, 5.74) is 2.65.